The fourth-order valence-electron chi connectivity index (χ4n) is 0.860. The molecule has 0 spiro atoms. The van der Waals surface area contributed by atoms with Crippen LogP contribution in [-0.2, 0) is 0 Å². The molecule has 1 heteroatoms. The standard InChI is InChI=1S/C7H13Cl/c1-6(2,3)7(8)4-5-7/h4-5H2,1-3H3. The summed E-state index contributed by atoms with van der Waals surface area (Å²) in [5.74, 6) is 0. The summed E-state index contributed by atoms with van der Waals surface area (Å²) in [6.45, 7) is 6.60. The van der Waals surface area contributed by atoms with E-state index in [-0.39, 0.29) is 4.87 Å². The van der Waals surface area contributed by atoms with Gasteiger partial charge >= 0.3 is 0 Å². The molecule has 0 radical (unpaired) electrons. The first kappa shape index (κ1) is 6.41. The zero-order valence-electron chi connectivity index (χ0n) is 5.79. The highest BCUT2D eigenvalue weighted by Crippen LogP contribution is 2.54. The quantitative estimate of drug-likeness (QED) is 0.445. The third kappa shape index (κ3) is 0.862. The Hall–Kier alpha value is 0.290. The minimum absolute atomic E-state index is 0.160. The Morgan fingerprint density at radius 3 is 1.62 bits per heavy atom. The molecule has 0 amide bonds. The van der Waals surface area contributed by atoms with E-state index in [1.165, 1.54) is 12.8 Å². The molecule has 0 aliphatic heterocycles. The van der Waals surface area contributed by atoms with Crippen LogP contribution in [0.4, 0.5) is 0 Å². The highest BCUT2D eigenvalue weighted by molar-refractivity contribution is 6.26. The van der Waals surface area contributed by atoms with E-state index in [2.05, 4.69) is 20.8 Å². The average Bonchev–Trinajstić information content (AvgIpc) is 2.16. The van der Waals surface area contributed by atoms with Crippen LogP contribution in [0.3, 0.4) is 0 Å². The smallest absolute Gasteiger partial charge is 0.0496 e. The second-order valence-electron chi connectivity index (χ2n) is 3.72. The molecule has 0 unspecified atom stereocenters. The van der Waals surface area contributed by atoms with Gasteiger partial charge in [-0.2, -0.15) is 0 Å². The van der Waals surface area contributed by atoms with Gasteiger partial charge in [-0.25, -0.2) is 0 Å². The van der Waals surface area contributed by atoms with Gasteiger partial charge in [0.1, 0.15) is 0 Å². The maximum absolute atomic E-state index is 6.12. The van der Waals surface area contributed by atoms with Crippen molar-refractivity contribution < 1.29 is 0 Å². The van der Waals surface area contributed by atoms with Crippen LogP contribution in [0.25, 0.3) is 0 Å². The van der Waals surface area contributed by atoms with Crippen LogP contribution in [0.15, 0.2) is 0 Å². The normalized spacial score (nSPS) is 25.5. The summed E-state index contributed by atoms with van der Waals surface area (Å²) in [4.78, 5) is 0.160. The van der Waals surface area contributed by atoms with Crippen LogP contribution in [0, 0.1) is 5.41 Å². The van der Waals surface area contributed by atoms with Crippen molar-refractivity contribution in [3.05, 3.63) is 0 Å². The topological polar surface area (TPSA) is 0 Å². The van der Waals surface area contributed by atoms with E-state index < -0.39 is 0 Å². The van der Waals surface area contributed by atoms with Crippen molar-refractivity contribution in [3.8, 4) is 0 Å². The molecule has 0 aromatic carbocycles. The molecule has 0 bridgehead atoms. The first-order valence-corrected chi connectivity index (χ1v) is 3.52. The molecule has 1 fully saturated rings. The number of halogens is 1. The van der Waals surface area contributed by atoms with Gasteiger partial charge in [0.25, 0.3) is 0 Å². The van der Waals surface area contributed by atoms with Crippen molar-refractivity contribution in [3.63, 3.8) is 0 Å². The molecule has 0 aromatic rings. The van der Waals surface area contributed by atoms with Crippen LogP contribution in [0.5, 0.6) is 0 Å². The van der Waals surface area contributed by atoms with Crippen LogP contribution < -0.4 is 0 Å². The van der Waals surface area contributed by atoms with Crippen LogP contribution in [-0.4, -0.2) is 4.87 Å². The van der Waals surface area contributed by atoms with Gasteiger partial charge in [-0.3, -0.25) is 0 Å². The Balaban J connectivity index is 2.58. The zero-order valence-corrected chi connectivity index (χ0v) is 6.55. The van der Waals surface area contributed by atoms with E-state index in [1.54, 1.807) is 0 Å². The molecule has 1 rings (SSSR count). The Morgan fingerprint density at radius 2 is 1.62 bits per heavy atom. The average molecular weight is 133 g/mol. The predicted molar refractivity (Wildman–Crippen MR) is 37.3 cm³/mol. The van der Waals surface area contributed by atoms with E-state index in [0.717, 1.165) is 0 Å². The lowest BCUT2D eigenvalue weighted by atomic mass is 9.90. The fourth-order valence-corrected chi connectivity index (χ4v) is 0.954. The molecule has 1 aliphatic rings. The minimum Gasteiger partial charge on any atom is -0.119 e. The largest absolute Gasteiger partial charge is 0.119 e. The van der Waals surface area contributed by atoms with Crippen molar-refractivity contribution in [2.45, 2.75) is 38.5 Å². The van der Waals surface area contributed by atoms with Gasteiger partial charge in [-0.15, -0.1) is 11.6 Å². The second-order valence-corrected chi connectivity index (χ2v) is 4.44. The van der Waals surface area contributed by atoms with Gasteiger partial charge in [0.05, 0.1) is 0 Å². The minimum atomic E-state index is 0.160. The molecular formula is C7H13Cl. The molecule has 8 heavy (non-hydrogen) atoms. The molecule has 1 aliphatic carbocycles. The second kappa shape index (κ2) is 1.41. The molecule has 48 valence electrons. The van der Waals surface area contributed by atoms with Crippen molar-refractivity contribution in [1.29, 1.82) is 0 Å². The maximum atomic E-state index is 6.12. The lowest BCUT2D eigenvalue weighted by Crippen LogP contribution is -2.21. The monoisotopic (exact) mass is 132 g/mol. The van der Waals surface area contributed by atoms with E-state index in [0.29, 0.717) is 5.41 Å². The van der Waals surface area contributed by atoms with E-state index >= 15 is 0 Å². The van der Waals surface area contributed by atoms with Crippen LogP contribution in [0.2, 0.25) is 0 Å². The summed E-state index contributed by atoms with van der Waals surface area (Å²) >= 11 is 6.12. The summed E-state index contributed by atoms with van der Waals surface area (Å²) in [7, 11) is 0. The van der Waals surface area contributed by atoms with Crippen molar-refractivity contribution >= 4 is 11.6 Å². The fraction of sp³-hybridized carbons (Fsp3) is 1.00. The van der Waals surface area contributed by atoms with Crippen molar-refractivity contribution in [1.82, 2.24) is 0 Å². The lowest BCUT2D eigenvalue weighted by molar-refractivity contribution is 0.375. The number of rotatable bonds is 0. The SMILES string of the molecule is CC(C)(C)C1(Cl)CC1. The Morgan fingerprint density at radius 1 is 1.25 bits per heavy atom. The highest BCUT2D eigenvalue weighted by atomic mass is 35.5. The number of alkyl halides is 1. The van der Waals surface area contributed by atoms with E-state index in [9.17, 15) is 0 Å². The van der Waals surface area contributed by atoms with Gasteiger partial charge in [-0.05, 0) is 18.3 Å². The Kier molecular flexibility index (Phi) is 1.13. The van der Waals surface area contributed by atoms with Crippen LogP contribution in [0.1, 0.15) is 33.6 Å². The third-order valence-electron chi connectivity index (χ3n) is 2.03. The Bertz CT molecular complexity index is 92.2. The summed E-state index contributed by atoms with van der Waals surface area (Å²) in [5.41, 5.74) is 0.314. The first-order valence-electron chi connectivity index (χ1n) is 3.15. The van der Waals surface area contributed by atoms with Crippen molar-refractivity contribution in [2.24, 2.45) is 5.41 Å². The summed E-state index contributed by atoms with van der Waals surface area (Å²) in [6, 6.07) is 0. The van der Waals surface area contributed by atoms with Gasteiger partial charge < -0.3 is 0 Å². The Labute approximate surface area is 56.2 Å². The molecule has 0 saturated heterocycles. The van der Waals surface area contributed by atoms with Crippen molar-refractivity contribution in [2.75, 3.05) is 0 Å². The van der Waals surface area contributed by atoms with Gasteiger partial charge in [-0.1, -0.05) is 20.8 Å². The van der Waals surface area contributed by atoms with Gasteiger partial charge in [0.2, 0.25) is 0 Å². The summed E-state index contributed by atoms with van der Waals surface area (Å²) in [6.07, 6.45) is 2.41. The third-order valence-corrected chi connectivity index (χ3v) is 2.98. The molecule has 0 atom stereocenters. The zero-order chi connectivity index (χ0) is 6.41. The maximum Gasteiger partial charge on any atom is 0.0496 e. The lowest BCUT2D eigenvalue weighted by Gasteiger charge is -2.24. The molecule has 0 aromatic heterocycles. The molecule has 0 heterocycles. The van der Waals surface area contributed by atoms with E-state index in [4.69, 9.17) is 11.6 Å². The molecule has 0 N–H and O–H groups in total. The predicted octanol–water partition coefficient (Wildman–Crippen LogP) is 2.80. The number of hydrogen-bond donors (Lipinski definition) is 0. The first-order chi connectivity index (χ1) is 3.46. The van der Waals surface area contributed by atoms with Crippen LogP contribution >= 0.6 is 11.6 Å². The molecule has 1 saturated carbocycles. The van der Waals surface area contributed by atoms with Gasteiger partial charge in [0.15, 0.2) is 0 Å². The molecule has 0 nitrogen and oxygen atoms in total. The summed E-state index contributed by atoms with van der Waals surface area (Å²) < 4.78 is 0. The summed E-state index contributed by atoms with van der Waals surface area (Å²) in [5, 5.41) is 0. The molecular weight excluding hydrogens is 120 g/mol. The van der Waals surface area contributed by atoms with Gasteiger partial charge in [0, 0.05) is 4.87 Å². The highest BCUT2D eigenvalue weighted by Gasteiger charge is 2.50. The number of hydrogen-bond acceptors (Lipinski definition) is 0. The van der Waals surface area contributed by atoms with E-state index in [1.807, 2.05) is 0 Å².